The lowest BCUT2D eigenvalue weighted by Gasteiger charge is -2.23. The second-order valence-corrected chi connectivity index (χ2v) is 10.2. The largest absolute Gasteiger partial charge is 0.392 e. The molecular formula is C27H35F3N4O3. The molecular weight excluding hydrogens is 485 g/mol. The van der Waals surface area contributed by atoms with Crippen LogP contribution in [0.5, 0.6) is 0 Å². The van der Waals surface area contributed by atoms with Crippen molar-refractivity contribution in [2.75, 3.05) is 43.5 Å². The number of carbonyl (C=O) groups is 1. The number of aliphatic hydroxyl groups is 1. The minimum atomic E-state index is -4.22. The number of anilines is 2. The molecule has 2 aliphatic heterocycles. The van der Waals surface area contributed by atoms with Gasteiger partial charge in [0.1, 0.15) is 5.82 Å². The van der Waals surface area contributed by atoms with Crippen molar-refractivity contribution in [1.82, 2.24) is 9.88 Å². The van der Waals surface area contributed by atoms with E-state index in [9.17, 15) is 23.1 Å². The van der Waals surface area contributed by atoms with Crippen LogP contribution in [0.25, 0.3) is 11.1 Å². The molecule has 3 heterocycles. The maximum absolute atomic E-state index is 12.8. The first kappa shape index (κ1) is 27.2. The molecule has 0 saturated carbocycles. The third kappa shape index (κ3) is 7.58. The smallest absolute Gasteiger partial charge is 0.389 e. The Morgan fingerprint density at radius 3 is 2.68 bits per heavy atom. The van der Waals surface area contributed by atoms with E-state index in [-0.39, 0.29) is 12.5 Å². The van der Waals surface area contributed by atoms with Crippen LogP contribution in [0.2, 0.25) is 0 Å². The number of hydrogen-bond donors (Lipinski definition) is 3. The molecule has 1 aromatic heterocycles. The van der Waals surface area contributed by atoms with Gasteiger partial charge in [-0.1, -0.05) is 6.07 Å². The summed E-state index contributed by atoms with van der Waals surface area (Å²) in [5.74, 6) is 0.373. The first-order chi connectivity index (χ1) is 17.6. The van der Waals surface area contributed by atoms with E-state index < -0.39 is 30.7 Å². The molecule has 3 N–H and O–H groups in total. The summed E-state index contributed by atoms with van der Waals surface area (Å²) in [6.07, 6.45) is -3.51. The van der Waals surface area contributed by atoms with E-state index in [2.05, 4.69) is 16.7 Å². The monoisotopic (exact) mass is 520 g/mol. The van der Waals surface area contributed by atoms with Crippen molar-refractivity contribution in [3.8, 4) is 11.1 Å². The summed E-state index contributed by atoms with van der Waals surface area (Å²) in [5.41, 5.74) is 4.40. The molecule has 2 fully saturated rings. The van der Waals surface area contributed by atoms with Crippen LogP contribution in [0.15, 0.2) is 30.3 Å². The minimum Gasteiger partial charge on any atom is -0.392 e. The van der Waals surface area contributed by atoms with Gasteiger partial charge in [-0.05, 0) is 80.0 Å². The summed E-state index contributed by atoms with van der Waals surface area (Å²) < 4.78 is 43.7. The van der Waals surface area contributed by atoms with Gasteiger partial charge in [-0.25, -0.2) is 9.78 Å². The highest BCUT2D eigenvalue weighted by atomic mass is 19.4. The molecule has 0 radical (unpaired) electrons. The topological polar surface area (TPSA) is 86.7 Å². The van der Waals surface area contributed by atoms with E-state index >= 15 is 0 Å². The normalized spacial score (nSPS) is 19.6. The van der Waals surface area contributed by atoms with E-state index in [0.29, 0.717) is 44.2 Å². The number of ether oxygens (including phenoxy) is 1. The van der Waals surface area contributed by atoms with Gasteiger partial charge >= 0.3 is 12.2 Å². The number of alkyl halides is 3. The number of aliphatic hydroxyl groups excluding tert-OH is 1. The van der Waals surface area contributed by atoms with Crippen molar-refractivity contribution in [2.45, 2.75) is 57.7 Å². The first-order valence-electron chi connectivity index (χ1n) is 12.8. The van der Waals surface area contributed by atoms with Gasteiger partial charge in [-0.3, -0.25) is 0 Å². The molecule has 10 heteroatoms. The highest BCUT2D eigenvalue weighted by molar-refractivity contribution is 5.90. The lowest BCUT2D eigenvalue weighted by atomic mass is 9.92. The van der Waals surface area contributed by atoms with Gasteiger partial charge in [0.2, 0.25) is 0 Å². The molecule has 2 saturated heterocycles. The van der Waals surface area contributed by atoms with Gasteiger partial charge in [0, 0.05) is 56.6 Å². The highest BCUT2D eigenvalue weighted by Crippen LogP contribution is 2.34. The van der Waals surface area contributed by atoms with Gasteiger partial charge < -0.3 is 25.4 Å². The molecule has 0 unspecified atom stereocenters. The van der Waals surface area contributed by atoms with Crippen LogP contribution in [0.4, 0.5) is 29.5 Å². The van der Waals surface area contributed by atoms with Crippen molar-refractivity contribution < 1.29 is 27.8 Å². The Labute approximate surface area is 215 Å². The Bertz CT molecular complexity index is 1090. The summed E-state index contributed by atoms with van der Waals surface area (Å²) in [7, 11) is 0. The zero-order valence-electron chi connectivity index (χ0n) is 21.3. The average Bonchev–Trinajstić information content (AvgIpc) is 3.31. The fourth-order valence-corrected chi connectivity index (χ4v) is 4.98. The van der Waals surface area contributed by atoms with Crippen LogP contribution in [0, 0.1) is 12.8 Å². The van der Waals surface area contributed by atoms with Crippen molar-refractivity contribution >= 4 is 17.5 Å². The maximum Gasteiger partial charge on any atom is 0.389 e. The minimum absolute atomic E-state index is 0.0984. The van der Waals surface area contributed by atoms with Crippen LogP contribution in [0.1, 0.15) is 49.8 Å². The maximum atomic E-state index is 12.8. The number of hydrogen-bond acceptors (Lipinski definition) is 5. The number of nitrogens with one attached hydrogen (secondary N) is 2. The fourth-order valence-electron chi connectivity index (χ4n) is 4.98. The van der Waals surface area contributed by atoms with Crippen LogP contribution < -0.4 is 10.6 Å². The lowest BCUT2D eigenvalue weighted by molar-refractivity contribution is -0.143. The van der Waals surface area contributed by atoms with Crippen molar-refractivity contribution in [1.29, 1.82) is 0 Å². The Kier molecular flexibility index (Phi) is 8.59. The van der Waals surface area contributed by atoms with Gasteiger partial charge in [0.05, 0.1) is 6.10 Å². The van der Waals surface area contributed by atoms with E-state index in [4.69, 9.17) is 9.72 Å². The predicted octanol–water partition coefficient (Wildman–Crippen LogP) is 5.55. The molecule has 1 aromatic carbocycles. The number of aromatic nitrogens is 1. The lowest BCUT2D eigenvalue weighted by Crippen LogP contribution is -2.33. The molecule has 0 aliphatic carbocycles. The summed E-state index contributed by atoms with van der Waals surface area (Å²) >= 11 is 0. The van der Waals surface area contributed by atoms with Crippen molar-refractivity contribution in [3.05, 3.63) is 41.6 Å². The first-order valence-corrected chi connectivity index (χ1v) is 12.8. The number of benzene rings is 1. The van der Waals surface area contributed by atoms with Gasteiger partial charge in [-0.15, -0.1) is 0 Å². The second-order valence-electron chi connectivity index (χ2n) is 10.2. The third-order valence-corrected chi connectivity index (χ3v) is 6.96. The quantitative estimate of drug-likeness (QED) is 0.446. The van der Waals surface area contributed by atoms with E-state index in [1.165, 1.54) is 4.90 Å². The third-order valence-electron chi connectivity index (χ3n) is 6.96. The zero-order valence-corrected chi connectivity index (χ0v) is 21.3. The molecule has 0 bridgehead atoms. The second kappa shape index (κ2) is 11.7. The van der Waals surface area contributed by atoms with Crippen LogP contribution in [0.3, 0.4) is 0 Å². The predicted molar refractivity (Wildman–Crippen MR) is 137 cm³/mol. The number of pyridine rings is 1. The van der Waals surface area contributed by atoms with Crippen LogP contribution >= 0.6 is 0 Å². The van der Waals surface area contributed by atoms with E-state index in [1.807, 2.05) is 25.1 Å². The number of urea groups is 1. The number of aryl methyl sites for hydroxylation is 1. The van der Waals surface area contributed by atoms with Crippen LogP contribution in [-0.4, -0.2) is 66.1 Å². The summed E-state index contributed by atoms with van der Waals surface area (Å²) in [4.78, 5) is 19.1. The molecule has 2 amide bonds. The molecule has 2 aromatic rings. The summed E-state index contributed by atoms with van der Waals surface area (Å²) in [5, 5.41) is 15.8. The SMILES string of the molecule is Cc1ccc(NC(=O)N2CC[C@@H](CC(F)(F)F)C2)cc1-c1cc(NC[C@@H](C)O)nc(C2CCOCC2)c1. The summed E-state index contributed by atoms with van der Waals surface area (Å²) in [6, 6.07) is 9.21. The number of carbonyl (C=O) groups excluding carboxylic acids is 1. The molecule has 2 aliphatic rings. The number of likely N-dealkylation sites (tertiary alicyclic amines) is 1. The number of nitrogens with zero attached hydrogens (tertiary/aromatic N) is 2. The number of halogens is 3. The molecule has 202 valence electrons. The Balaban J connectivity index is 1.54. The zero-order chi connectivity index (χ0) is 26.6. The highest BCUT2D eigenvalue weighted by Gasteiger charge is 2.36. The number of rotatable bonds is 7. The van der Waals surface area contributed by atoms with Gasteiger partial charge in [-0.2, -0.15) is 13.2 Å². The van der Waals surface area contributed by atoms with E-state index in [1.54, 1.807) is 13.0 Å². The molecule has 0 spiro atoms. The van der Waals surface area contributed by atoms with Gasteiger partial charge in [0.15, 0.2) is 0 Å². The Morgan fingerprint density at radius 1 is 1.22 bits per heavy atom. The number of amides is 2. The standard InChI is InChI=1S/C27H35F3N4O3/c1-17-3-4-22(32-26(36)34-8-5-19(16-34)14-27(28,29)30)13-23(17)21-11-24(20-6-9-37-10-7-20)33-25(12-21)31-15-18(2)35/h3-4,11-13,18-20,35H,5-10,14-16H2,1-2H3,(H,31,33)(H,32,36)/t18-,19+/m1/s1. The Hall–Kier alpha value is -2.85. The molecule has 7 nitrogen and oxygen atoms in total. The van der Waals surface area contributed by atoms with Gasteiger partial charge in [0.25, 0.3) is 0 Å². The van der Waals surface area contributed by atoms with Crippen molar-refractivity contribution in [3.63, 3.8) is 0 Å². The molecule has 2 atom stereocenters. The fraction of sp³-hybridized carbons (Fsp3) is 0.556. The Morgan fingerprint density at radius 2 is 1.97 bits per heavy atom. The van der Waals surface area contributed by atoms with Crippen molar-refractivity contribution in [2.24, 2.45) is 5.92 Å². The average molecular weight is 521 g/mol. The summed E-state index contributed by atoms with van der Waals surface area (Å²) in [6.45, 7) is 5.84. The van der Waals surface area contributed by atoms with E-state index in [0.717, 1.165) is 35.2 Å². The van der Waals surface area contributed by atoms with Crippen LogP contribution in [-0.2, 0) is 4.74 Å². The molecule has 4 rings (SSSR count). The molecule has 37 heavy (non-hydrogen) atoms.